The minimum absolute atomic E-state index is 0.167. The number of carbonyl (C=O) groups excluding carboxylic acids is 1. The minimum atomic E-state index is -0.167. The Morgan fingerprint density at radius 2 is 1.95 bits per heavy atom. The third-order valence-electron chi connectivity index (χ3n) is 3.68. The lowest BCUT2D eigenvalue weighted by atomic mass is 9.96. The highest BCUT2D eigenvalue weighted by atomic mass is 16.5. The number of hydrogen-bond donors (Lipinski definition) is 1. The van der Waals surface area contributed by atoms with Crippen molar-refractivity contribution < 1.29 is 9.53 Å². The van der Waals surface area contributed by atoms with Crippen LogP contribution < -0.4 is 5.32 Å². The quantitative estimate of drug-likeness (QED) is 0.665. The van der Waals surface area contributed by atoms with Gasteiger partial charge in [0.15, 0.2) is 0 Å². The van der Waals surface area contributed by atoms with E-state index in [0.29, 0.717) is 11.6 Å². The minimum Gasteiger partial charge on any atom is -0.468 e. The average molecular weight is 274 g/mol. The lowest BCUT2D eigenvalue weighted by Gasteiger charge is -2.18. The zero-order valence-electron chi connectivity index (χ0n) is 12.2. The summed E-state index contributed by atoms with van der Waals surface area (Å²) >= 11 is 0. The maximum absolute atomic E-state index is 12.2. The van der Waals surface area contributed by atoms with Crippen molar-refractivity contribution in [2.24, 2.45) is 4.99 Å². The van der Waals surface area contributed by atoms with Crippen LogP contribution in [0.2, 0.25) is 0 Å². The van der Waals surface area contributed by atoms with Crippen LogP contribution in [0.25, 0.3) is 0 Å². The van der Waals surface area contributed by atoms with Crippen molar-refractivity contribution in [3.8, 4) is 0 Å². The van der Waals surface area contributed by atoms with E-state index in [0.717, 1.165) is 18.4 Å². The maximum Gasteiger partial charge on any atom is 0.291 e. The summed E-state index contributed by atoms with van der Waals surface area (Å²) < 4.78 is 5.20. The summed E-state index contributed by atoms with van der Waals surface area (Å²) in [5, 5.41) is 2.76. The first kappa shape index (κ1) is 14.6. The van der Waals surface area contributed by atoms with Gasteiger partial charge >= 0.3 is 0 Å². The van der Waals surface area contributed by atoms with Gasteiger partial charge in [-0.05, 0) is 31.4 Å². The molecular weight excluding hydrogens is 252 g/mol. The number of nitrogens with zero attached hydrogens (tertiary/aromatic N) is 1. The average Bonchev–Trinajstić information content (AvgIpc) is 2.48. The van der Waals surface area contributed by atoms with Crippen LogP contribution in [-0.4, -0.2) is 25.1 Å². The summed E-state index contributed by atoms with van der Waals surface area (Å²) in [5.74, 6) is -0.167. The molecule has 1 amide bonds. The van der Waals surface area contributed by atoms with Crippen LogP contribution in [0.15, 0.2) is 29.3 Å². The molecular formula is C16H22N2O2. The lowest BCUT2D eigenvalue weighted by Crippen LogP contribution is -2.33. The number of benzene rings is 1. The van der Waals surface area contributed by atoms with Gasteiger partial charge in [-0.3, -0.25) is 10.1 Å². The van der Waals surface area contributed by atoms with Crippen molar-refractivity contribution in [2.45, 2.75) is 45.1 Å². The van der Waals surface area contributed by atoms with Crippen molar-refractivity contribution in [2.75, 3.05) is 7.11 Å². The van der Waals surface area contributed by atoms with E-state index in [9.17, 15) is 4.79 Å². The number of ether oxygens (including phenoxy) is 1. The number of nitrogens with one attached hydrogen (secondary N) is 1. The monoisotopic (exact) mass is 274 g/mol. The van der Waals surface area contributed by atoms with E-state index in [1.54, 1.807) is 13.2 Å². The molecule has 108 valence electrons. The summed E-state index contributed by atoms with van der Waals surface area (Å²) in [7, 11) is 1.54. The molecule has 1 aromatic rings. The SMILES string of the molecule is COC(=NC1CCCCC1)NC(=O)c1ccccc1C. The number of aliphatic imine (C=N–C) groups is 1. The molecule has 1 fully saturated rings. The number of amidine groups is 1. The molecule has 0 radical (unpaired) electrons. The predicted octanol–water partition coefficient (Wildman–Crippen LogP) is 3.06. The molecule has 4 nitrogen and oxygen atoms in total. The molecule has 0 spiro atoms. The molecule has 2 rings (SSSR count). The molecule has 1 aromatic carbocycles. The fourth-order valence-corrected chi connectivity index (χ4v) is 2.50. The summed E-state index contributed by atoms with van der Waals surface area (Å²) in [5.41, 5.74) is 1.60. The Morgan fingerprint density at radius 1 is 1.25 bits per heavy atom. The Labute approximate surface area is 120 Å². The third kappa shape index (κ3) is 3.83. The van der Waals surface area contributed by atoms with Crippen LogP contribution in [0.4, 0.5) is 0 Å². The fraction of sp³-hybridized carbons (Fsp3) is 0.500. The van der Waals surface area contributed by atoms with Crippen LogP contribution in [0, 0.1) is 6.92 Å². The number of carbonyl (C=O) groups is 1. The molecule has 0 bridgehead atoms. The van der Waals surface area contributed by atoms with Gasteiger partial charge in [-0.1, -0.05) is 37.5 Å². The second kappa shape index (κ2) is 7.08. The third-order valence-corrected chi connectivity index (χ3v) is 3.68. The van der Waals surface area contributed by atoms with E-state index in [2.05, 4.69) is 10.3 Å². The van der Waals surface area contributed by atoms with Gasteiger partial charge in [0.1, 0.15) is 0 Å². The molecule has 1 N–H and O–H groups in total. The highest BCUT2D eigenvalue weighted by molar-refractivity contribution is 6.04. The van der Waals surface area contributed by atoms with Crippen molar-refractivity contribution in [1.82, 2.24) is 5.32 Å². The maximum atomic E-state index is 12.2. The number of aryl methyl sites for hydroxylation is 1. The molecule has 0 heterocycles. The van der Waals surface area contributed by atoms with Crippen molar-refractivity contribution in [3.63, 3.8) is 0 Å². The number of rotatable bonds is 2. The van der Waals surface area contributed by atoms with Crippen LogP contribution >= 0.6 is 0 Å². The van der Waals surface area contributed by atoms with Crippen molar-refractivity contribution in [1.29, 1.82) is 0 Å². The molecule has 20 heavy (non-hydrogen) atoms. The Hall–Kier alpha value is -1.84. The zero-order valence-corrected chi connectivity index (χ0v) is 12.2. The van der Waals surface area contributed by atoms with Crippen LogP contribution in [0.1, 0.15) is 48.0 Å². The van der Waals surface area contributed by atoms with Crippen LogP contribution in [-0.2, 0) is 4.74 Å². The summed E-state index contributed by atoms with van der Waals surface area (Å²) in [6.45, 7) is 1.92. The number of hydrogen-bond acceptors (Lipinski definition) is 3. The smallest absolute Gasteiger partial charge is 0.291 e. The summed E-state index contributed by atoms with van der Waals surface area (Å²) in [6, 6.07) is 8.09. The van der Waals surface area contributed by atoms with Gasteiger partial charge in [0.05, 0.1) is 13.2 Å². The first-order valence-corrected chi connectivity index (χ1v) is 7.19. The Kier molecular flexibility index (Phi) is 5.16. The van der Waals surface area contributed by atoms with Crippen LogP contribution in [0.5, 0.6) is 0 Å². The normalized spacial score (nSPS) is 16.8. The Morgan fingerprint density at radius 3 is 2.60 bits per heavy atom. The van der Waals surface area contributed by atoms with E-state index in [1.807, 2.05) is 25.1 Å². The molecule has 0 aromatic heterocycles. The molecule has 1 saturated carbocycles. The predicted molar refractivity (Wildman–Crippen MR) is 80.0 cm³/mol. The largest absolute Gasteiger partial charge is 0.468 e. The van der Waals surface area contributed by atoms with E-state index >= 15 is 0 Å². The topological polar surface area (TPSA) is 50.7 Å². The van der Waals surface area contributed by atoms with Crippen molar-refractivity contribution in [3.05, 3.63) is 35.4 Å². The highest BCUT2D eigenvalue weighted by Gasteiger charge is 2.16. The van der Waals surface area contributed by atoms with E-state index < -0.39 is 0 Å². The lowest BCUT2D eigenvalue weighted by molar-refractivity contribution is 0.0967. The van der Waals surface area contributed by atoms with Gasteiger partial charge in [0, 0.05) is 5.56 Å². The first-order chi connectivity index (χ1) is 9.70. The fourth-order valence-electron chi connectivity index (χ4n) is 2.50. The zero-order chi connectivity index (χ0) is 14.4. The number of amides is 1. The molecule has 0 atom stereocenters. The molecule has 0 aliphatic heterocycles. The number of methoxy groups -OCH3 is 1. The van der Waals surface area contributed by atoms with E-state index in [4.69, 9.17) is 4.74 Å². The second-order valence-corrected chi connectivity index (χ2v) is 5.20. The summed E-state index contributed by atoms with van der Waals surface area (Å²) in [4.78, 5) is 16.7. The molecule has 1 aliphatic rings. The molecule has 4 heteroatoms. The van der Waals surface area contributed by atoms with Gasteiger partial charge in [0.25, 0.3) is 11.9 Å². The van der Waals surface area contributed by atoms with Gasteiger partial charge in [-0.25, -0.2) is 4.99 Å². The van der Waals surface area contributed by atoms with E-state index in [1.165, 1.54) is 19.3 Å². The van der Waals surface area contributed by atoms with Crippen molar-refractivity contribution >= 4 is 11.9 Å². The Bertz CT molecular complexity index is 491. The Balaban J connectivity index is 2.04. The highest BCUT2D eigenvalue weighted by Crippen LogP contribution is 2.20. The molecule has 0 unspecified atom stereocenters. The van der Waals surface area contributed by atoms with Gasteiger partial charge in [-0.2, -0.15) is 0 Å². The first-order valence-electron chi connectivity index (χ1n) is 7.19. The van der Waals surface area contributed by atoms with Gasteiger partial charge in [0.2, 0.25) is 0 Å². The van der Waals surface area contributed by atoms with Crippen LogP contribution in [0.3, 0.4) is 0 Å². The molecule has 0 saturated heterocycles. The summed E-state index contributed by atoms with van der Waals surface area (Å²) in [6.07, 6.45) is 5.85. The van der Waals surface area contributed by atoms with E-state index in [-0.39, 0.29) is 11.9 Å². The molecule has 1 aliphatic carbocycles. The van der Waals surface area contributed by atoms with Gasteiger partial charge < -0.3 is 4.74 Å². The second-order valence-electron chi connectivity index (χ2n) is 5.20. The standard InChI is InChI=1S/C16H22N2O2/c1-12-8-6-7-11-14(12)15(19)18-16(20-2)17-13-9-4-3-5-10-13/h6-8,11,13H,3-5,9-10H2,1-2H3,(H,17,18,19). The van der Waals surface area contributed by atoms with Gasteiger partial charge in [-0.15, -0.1) is 0 Å².